The van der Waals surface area contributed by atoms with Gasteiger partial charge in [0.2, 0.25) is 0 Å². The monoisotopic (exact) mass is 813 g/mol. The zero-order chi connectivity index (χ0) is 42.6. The third kappa shape index (κ3) is 13.4. The van der Waals surface area contributed by atoms with Crippen molar-refractivity contribution in [2.45, 2.75) is 147 Å². The fourth-order valence-electron chi connectivity index (χ4n) is 8.09. The number of allylic oxidation sites excluding steroid dienone is 3. The van der Waals surface area contributed by atoms with Crippen molar-refractivity contribution in [2.75, 3.05) is 48.1 Å². The van der Waals surface area contributed by atoms with Crippen molar-refractivity contribution in [3.8, 4) is 0 Å². The molecule has 0 amide bonds. The highest BCUT2D eigenvalue weighted by molar-refractivity contribution is 5.91. The van der Waals surface area contributed by atoms with Gasteiger partial charge in [0.15, 0.2) is 18.4 Å². The molecule has 0 saturated carbocycles. The van der Waals surface area contributed by atoms with Crippen molar-refractivity contribution in [1.29, 1.82) is 0 Å². The van der Waals surface area contributed by atoms with Gasteiger partial charge in [0, 0.05) is 38.6 Å². The van der Waals surface area contributed by atoms with E-state index >= 15 is 0 Å². The molecule has 1 unspecified atom stereocenters. The molecule has 3 rings (SSSR count). The normalized spacial score (nSPS) is 41.9. The van der Waals surface area contributed by atoms with Crippen LogP contribution in [0.3, 0.4) is 0 Å². The minimum atomic E-state index is -1.26. The number of methoxy groups -OCH3 is 2. The van der Waals surface area contributed by atoms with Gasteiger partial charge in [-0.25, -0.2) is 0 Å². The number of ketones is 1. The maximum atomic E-state index is 13.7. The molecule has 2 saturated heterocycles. The third-order valence-electron chi connectivity index (χ3n) is 11.6. The highest BCUT2D eigenvalue weighted by atomic mass is 16.7. The number of ether oxygens (including phenoxy) is 8. The van der Waals surface area contributed by atoms with Crippen LogP contribution in [0, 0.1) is 23.7 Å². The molecule has 0 radical (unpaired) electrons. The molecule has 0 aromatic heterocycles. The molecule has 2 fully saturated rings. The number of carbonyl (C=O) groups excluding carboxylic acids is 2. The molecule has 0 aromatic carbocycles. The van der Waals surface area contributed by atoms with Crippen molar-refractivity contribution < 1.29 is 67.9 Å². The van der Waals surface area contributed by atoms with E-state index < -0.39 is 109 Å². The summed E-state index contributed by atoms with van der Waals surface area (Å²) in [5.74, 6) is -2.86. The molecule has 0 aliphatic carbocycles. The molecule has 57 heavy (non-hydrogen) atoms. The molecule has 0 aromatic rings. The fraction of sp³-hybridized carbons (Fsp3) is 0.810. The molecule has 15 heteroatoms. The van der Waals surface area contributed by atoms with Crippen molar-refractivity contribution in [3.05, 3.63) is 36.5 Å². The zero-order valence-electron chi connectivity index (χ0n) is 35.6. The van der Waals surface area contributed by atoms with Crippen LogP contribution in [-0.4, -0.2) is 165 Å². The molecule has 3 heterocycles. The molecule has 328 valence electrons. The molecule has 15 nitrogen and oxygen atoms in total. The summed E-state index contributed by atoms with van der Waals surface area (Å²) in [7, 11) is 6.45. The number of nitrogens with zero attached hydrogens (tertiary/aromatic N) is 1. The summed E-state index contributed by atoms with van der Waals surface area (Å²) < 4.78 is 47.9. The minimum absolute atomic E-state index is 0.0281. The molecule has 3 aliphatic rings. The van der Waals surface area contributed by atoms with Gasteiger partial charge in [-0.1, -0.05) is 44.6 Å². The van der Waals surface area contributed by atoms with E-state index in [4.69, 9.17) is 37.9 Å². The van der Waals surface area contributed by atoms with Gasteiger partial charge in [-0.2, -0.15) is 0 Å². The Morgan fingerprint density at radius 2 is 1.56 bits per heavy atom. The Labute approximate surface area is 339 Å². The number of aliphatic hydroxyl groups excluding tert-OH is 4. The number of hydrogen-bond donors (Lipinski definition) is 4. The summed E-state index contributed by atoms with van der Waals surface area (Å²) in [6.07, 6.45) is -3.24. The van der Waals surface area contributed by atoms with Gasteiger partial charge in [-0.3, -0.25) is 9.59 Å². The molecule has 4 N–H and O–H groups in total. The van der Waals surface area contributed by atoms with Crippen LogP contribution in [-0.2, 0) is 47.5 Å². The third-order valence-corrected chi connectivity index (χ3v) is 11.6. The predicted octanol–water partition coefficient (Wildman–Crippen LogP) is 2.57. The number of rotatable bonds is 14. The lowest BCUT2D eigenvalue weighted by atomic mass is 9.79. The topological polar surface area (TPSA) is 192 Å². The lowest BCUT2D eigenvalue weighted by molar-refractivity contribution is -0.304. The minimum Gasteiger partial charge on any atom is -0.462 e. The van der Waals surface area contributed by atoms with E-state index in [0.717, 1.165) is 5.57 Å². The van der Waals surface area contributed by atoms with Crippen LogP contribution >= 0.6 is 0 Å². The quantitative estimate of drug-likeness (QED) is 0.114. The Bertz CT molecular complexity index is 1310. The molecule has 0 spiro atoms. The predicted molar refractivity (Wildman–Crippen MR) is 211 cm³/mol. The molecule has 0 bridgehead atoms. The van der Waals surface area contributed by atoms with Gasteiger partial charge in [-0.05, 0) is 66.1 Å². The first-order valence-corrected chi connectivity index (χ1v) is 20.3. The highest BCUT2D eigenvalue weighted by Crippen LogP contribution is 2.35. The molecular formula is C42H71NO14. The Morgan fingerprint density at radius 1 is 0.912 bits per heavy atom. The van der Waals surface area contributed by atoms with Gasteiger partial charge >= 0.3 is 5.97 Å². The lowest BCUT2D eigenvalue weighted by Crippen LogP contribution is -2.63. The Hall–Kier alpha value is -2.12. The number of esters is 1. The van der Waals surface area contributed by atoms with Crippen LogP contribution in [0.15, 0.2) is 36.5 Å². The first-order chi connectivity index (χ1) is 27.0. The van der Waals surface area contributed by atoms with Crippen LogP contribution < -0.4 is 0 Å². The van der Waals surface area contributed by atoms with Crippen LogP contribution in [0.4, 0.5) is 0 Å². The summed E-state index contributed by atoms with van der Waals surface area (Å²) in [6, 6.07) is -0.708. The number of hydrogen-bond acceptors (Lipinski definition) is 15. The maximum absolute atomic E-state index is 13.7. The van der Waals surface area contributed by atoms with Crippen molar-refractivity contribution in [1.82, 2.24) is 4.90 Å². The Morgan fingerprint density at radius 3 is 2.18 bits per heavy atom. The van der Waals surface area contributed by atoms with Gasteiger partial charge < -0.3 is 63.2 Å². The number of carbonyl (C=O) groups is 2. The molecule has 3 aliphatic heterocycles. The summed E-state index contributed by atoms with van der Waals surface area (Å²) in [4.78, 5) is 29.1. The van der Waals surface area contributed by atoms with Crippen molar-refractivity contribution in [2.24, 2.45) is 23.7 Å². The summed E-state index contributed by atoms with van der Waals surface area (Å²) in [5, 5.41) is 44.7. The summed E-state index contributed by atoms with van der Waals surface area (Å²) in [5.41, 5.74) is 0.733. The average Bonchev–Trinajstić information content (AvgIpc) is 3.16. The maximum Gasteiger partial charge on any atom is 0.308 e. The Kier molecular flexibility index (Phi) is 20.4. The lowest BCUT2D eigenvalue weighted by Gasteiger charge is -2.46. The van der Waals surface area contributed by atoms with Gasteiger partial charge in [0.1, 0.15) is 30.5 Å². The van der Waals surface area contributed by atoms with E-state index in [1.165, 1.54) is 20.3 Å². The van der Waals surface area contributed by atoms with E-state index in [1.807, 2.05) is 26.8 Å². The number of cyclic esters (lactones) is 1. The van der Waals surface area contributed by atoms with Gasteiger partial charge in [-0.15, -0.1) is 6.58 Å². The van der Waals surface area contributed by atoms with Crippen LogP contribution in [0.2, 0.25) is 0 Å². The summed E-state index contributed by atoms with van der Waals surface area (Å²) in [6.45, 7) is 15.1. The zero-order valence-corrected chi connectivity index (χ0v) is 35.6. The fourth-order valence-corrected chi connectivity index (χ4v) is 8.09. The first-order valence-electron chi connectivity index (χ1n) is 20.3. The van der Waals surface area contributed by atoms with Gasteiger partial charge in [0.05, 0.1) is 56.2 Å². The second-order valence-electron chi connectivity index (χ2n) is 16.1. The van der Waals surface area contributed by atoms with E-state index in [1.54, 1.807) is 51.9 Å². The van der Waals surface area contributed by atoms with Crippen LogP contribution in [0.1, 0.15) is 67.2 Å². The number of likely N-dealkylation sites (N-methyl/N-ethyl adjacent to an activating group) is 1. The van der Waals surface area contributed by atoms with E-state index in [0.29, 0.717) is 32.5 Å². The second-order valence-corrected chi connectivity index (χ2v) is 16.1. The first kappa shape index (κ1) is 49.2. The molecule has 17 atom stereocenters. The van der Waals surface area contributed by atoms with Crippen molar-refractivity contribution >= 4 is 11.8 Å². The second kappa shape index (κ2) is 23.6. The van der Waals surface area contributed by atoms with E-state index in [9.17, 15) is 30.0 Å². The van der Waals surface area contributed by atoms with Crippen molar-refractivity contribution in [3.63, 3.8) is 0 Å². The Balaban J connectivity index is 1.99. The van der Waals surface area contributed by atoms with Crippen LogP contribution in [0.25, 0.3) is 0 Å². The van der Waals surface area contributed by atoms with Crippen LogP contribution in [0.5, 0.6) is 0 Å². The smallest absolute Gasteiger partial charge is 0.308 e. The van der Waals surface area contributed by atoms with E-state index in [2.05, 4.69) is 6.58 Å². The van der Waals surface area contributed by atoms with E-state index in [-0.39, 0.29) is 18.8 Å². The standard InChI is InChI=1S/C42H71NO14/c1-12-17-52-18-16-28-20-24(4)30(44)15-14-23(3)19-29(22-53-42-40(51-11)39(50-10)36(48)27(7)55-42)32(13-2)56-33(46)21-31(45)25(5)38(28)57-41-37(49)34(43(8)9)35(47)26(6)54-41/h12,14-15,19,24-29,31-32,34-42,45,47-49H,1,13,16-18,20-22H2,2-11H3/b15-14+,23-19+/t24-,25+,26-,27-,28+,29-,31-,32-,34+,35-,36-,37-,38-,39-,40-,41?,42-/m1/s1. The highest BCUT2D eigenvalue weighted by Gasteiger charge is 2.48. The summed E-state index contributed by atoms with van der Waals surface area (Å²) >= 11 is 0. The average molecular weight is 814 g/mol. The number of aliphatic hydroxyl groups is 4. The van der Waals surface area contributed by atoms with Gasteiger partial charge in [0.25, 0.3) is 0 Å². The SMILES string of the molecule is C=CCOCC[C@H]1C[C@@H](C)C(=O)/C=C/C(C)=C/[C@H](CO[C@@H]2O[C@H](C)[C@@H](O)[C@@H](OC)[C@H]2OC)[C@@H](CC)OC(=O)C[C@@H](O)[C@H](C)[C@H]1OC1O[C@H](C)[C@@H](O)[C@H](N(C)C)[C@H]1O. The molecular weight excluding hydrogens is 742 g/mol. The largest absolute Gasteiger partial charge is 0.462 e.